The van der Waals surface area contributed by atoms with Crippen LogP contribution < -0.4 is 47.7 Å². The van der Waals surface area contributed by atoms with Crippen LogP contribution in [0, 0.1) is 11.8 Å². The minimum atomic E-state index is -1.34. The number of rotatable bonds is 17. The summed E-state index contributed by atoms with van der Waals surface area (Å²) in [5, 5.41) is 21.7. The molecule has 3 saturated heterocycles. The van der Waals surface area contributed by atoms with Crippen molar-refractivity contribution in [3.05, 3.63) is 132 Å². The number of nitrogens with one attached hydrogen (secondary N) is 8. The SMILES string of the molecule is NCCNC(=O)O[C@@H]1C[C@H]2C(=O)N[C@@H](CCc3ccccc3)C(=O)N[C@H](Cc3c[nH]c4ccccc34)C(=O)N[C@@H](CC3CCNCC3)C(=O)N[C@@H](Cc3ccc(OCC4CCC4)cc3)C(=O)N[C@@H](Cc3cccnc3)C(=O)N2C1. The summed E-state index contributed by atoms with van der Waals surface area (Å²) < 4.78 is 11.9. The number of alkyl carbamates (subject to hydrolysis) is 1. The molecule has 5 heterocycles. The average Bonchev–Trinajstić information content (AvgIpc) is 4.16. The lowest BCUT2D eigenvalue weighted by Gasteiger charge is -2.32. The van der Waals surface area contributed by atoms with Gasteiger partial charge in [-0.3, -0.25) is 33.8 Å². The second-order valence-corrected chi connectivity index (χ2v) is 21.3. The fraction of sp³-hybridized carbons (Fsp3) is 0.458. The van der Waals surface area contributed by atoms with Crippen LogP contribution in [0.4, 0.5) is 4.79 Å². The molecule has 4 fully saturated rings. The largest absolute Gasteiger partial charge is 0.493 e. The second-order valence-electron chi connectivity index (χ2n) is 21.3. The number of amides is 7. The monoisotopic (exact) mass is 1080 g/mol. The summed E-state index contributed by atoms with van der Waals surface area (Å²) >= 11 is 0. The van der Waals surface area contributed by atoms with E-state index in [-0.39, 0.29) is 64.1 Å². The van der Waals surface area contributed by atoms with Crippen molar-refractivity contribution < 1.29 is 43.0 Å². The quantitative estimate of drug-likeness (QED) is 0.0651. The Balaban J connectivity index is 1.10. The van der Waals surface area contributed by atoms with E-state index in [9.17, 15) is 4.79 Å². The number of nitrogens with zero attached hydrogens (tertiary/aromatic N) is 2. The van der Waals surface area contributed by atoms with Gasteiger partial charge in [0.05, 0.1) is 13.2 Å². The molecule has 1 saturated carbocycles. The third-order valence-electron chi connectivity index (χ3n) is 15.6. The van der Waals surface area contributed by atoms with Crippen LogP contribution in [-0.2, 0) is 59.2 Å². The fourth-order valence-electron chi connectivity index (χ4n) is 10.9. The van der Waals surface area contributed by atoms with Gasteiger partial charge in [-0.05, 0) is 116 Å². The Kier molecular flexibility index (Phi) is 19.2. The number of H-pyrrole nitrogens is 1. The van der Waals surface area contributed by atoms with Crippen molar-refractivity contribution in [3.8, 4) is 5.75 Å². The van der Waals surface area contributed by atoms with E-state index in [1.54, 1.807) is 30.7 Å². The molecule has 5 aromatic rings. The molecule has 0 unspecified atom stereocenters. The van der Waals surface area contributed by atoms with Crippen LogP contribution in [0.15, 0.2) is 110 Å². The normalized spacial score (nSPS) is 23.9. The lowest BCUT2D eigenvalue weighted by molar-refractivity contribution is -0.143. The van der Waals surface area contributed by atoms with E-state index < -0.39 is 83.9 Å². The fourth-order valence-corrected chi connectivity index (χ4v) is 10.9. The summed E-state index contributed by atoms with van der Waals surface area (Å²) in [5.74, 6) is -2.83. The van der Waals surface area contributed by atoms with Crippen molar-refractivity contribution >= 4 is 52.4 Å². The van der Waals surface area contributed by atoms with Crippen molar-refractivity contribution in [2.45, 2.75) is 119 Å². The van der Waals surface area contributed by atoms with E-state index in [2.05, 4.69) is 47.2 Å². The maximum absolute atomic E-state index is 15.4. The number of benzene rings is 3. The Morgan fingerprint density at radius 1 is 0.671 bits per heavy atom. The third kappa shape index (κ3) is 15.3. The lowest BCUT2D eigenvalue weighted by Crippen LogP contribution is -2.62. The van der Waals surface area contributed by atoms with E-state index in [4.69, 9.17) is 15.2 Å². The highest BCUT2D eigenvalue weighted by Crippen LogP contribution is 2.28. The Hall–Kier alpha value is -7.84. The molecule has 418 valence electrons. The van der Waals surface area contributed by atoms with Crippen molar-refractivity contribution in [1.29, 1.82) is 0 Å². The van der Waals surface area contributed by atoms with Gasteiger partial charge in [-0.15, -0.1) is 0 Å². The first-order valence-corrected chi connectivity index (χ1v) is 27.8. The molecule has 2 aromatic heterocycles. The van der Waals surface area contributed by atoms with Crippen LogP contribution in [0.5, 0.6) is 5.75 Å². The van der Waals surface area contributed by atoms with Crippen LogP contribution >= 0.6 is 0 Å². The molecule has 20 nitrogen and oxygen atoms in total. The molecule has 79 heavy (non-hydrogen) atoms. The Bertz CT molecular complexity index is 2880. The first-order valence-electron chi connectivity index (χ1n) is 27.8. The minimum absolute atomic E-state index is 0.00247. The molecule has 10 N–H and O–H groups in total. The number of carbonyl (C=O) groups is 7. The van der Waals surface area contributed by atoms with E-state index in [1.807, 2.05) is 78.9 Å². The number of aryl methyl sites for hydroxylation is 1. The second kappa shape index (κ2) is 27.2. The lowest BCUT2D eigenvalue weighted by atomic mass is 9.86. The zero-order valence-corrected chi connectivity index (χ0v) is 44.5. The molecule has 7 atom stereocenters. The number of aromatic amines is 1. The molecule has 1 aliphatic carbocycles. The predicted molar refractivity (Wildman–Crippen MR) is 295 cm³/mol. The van der Waals surface area contributed by atoms with Crippen molar-refractivity contribution in [2.75, 3.05) is 39.3 Å². The van der Waals surface area contributed by atoms with Gasteiger partial charge in [0, 0.05) is 68.3 Å². The number of fused-ring (bicyclic) bond motifs is 2. The van der Waals surface area contributed by atoms with Gasteiger partial charge in [0.15, 0.2) is 0 Å². The summed E-state index contributed by atoms with van der Waals surface area (Å²) in [6.07, 6.45) is 8.45. The number of piperidine rings is 1. The van der Waals surface area contributed by atoms with Gasteiger partial charge in [-0.25, -0.2) is 4.79 Å². The summed E-state index contributed by atoms with van der Waals surface area (Å²) in [6.45, 7) is 2.05. The van der Waals surface area contributed by atoms with Gasteiger partial charge in [0.1, 0.15) is 48.1 Å². The van der Waals surface area contributed by atoms with Gasteiger partial charge < -0.3 is 62.3 Å². The number of hydrogen-bond donors (Lipinski definition) is 9. The number of carbonyl (C=O) groups excluding carboxylic acids is 7. The summed E-state index contributed by atoms with van der Waals surface area (Å²) in [5.41, 5.74) is 9.34. The summed E-state index contributed by atoms with van der Waals surface area (Å²) in [7, 11) is 0. The zero-order chi connectivity index (χ0) is 55.1. The summed E-state index contributed by atoms with van der Waals surface area (Å²) in [6, 6.07) is 20.1. The van der Waals surface area contributed by atoms with E-state index in [0.717, 1.165) is 47.7 Å². The summed E-state index contributed by atoms with van der Waals surface area (Å²) in [4.78, 5) is 113. The van der Waals surface area contributed by atoms with Crippen molar-refractivity contribution in [2.24, 2.45) is 17.6 Å². The molecule has 3 aliphatic heterocycles. The number of nitrogens with two attached hydrogens (primary N) is 1. The molecule has 20 heteroatoms. The molecular formula is C59H73N11O9. The maximum Gasteiger partial charge on any atom is 0.407 e. The van der Waals surface area contributed by atoms with Gasteiger partial charge in [0.25, 0.3) is 0 Å². The van der Waals surface area contributed by atoms with Gasteiger partial charge in [-0.1, -0.05) is 73.2 Å². The highest BCUT2D eigenvalue weighted by atomic mass is 16.6. The van der Waals surface area contributed by atoms with Gasteiger partial charge in [0.2, 0.25) is 35.4 Å². The smallest absolute Gasteiger partial charge is 0.407 e. The number of para-hydroxylation sites is 1. The van der Waals surface area contributed by atoms with Crippen LogP contribution in [0.25, 0.3) is 10.9 Å². The van der Waals surface area contributed by atoms with Crippen LogP contribution in [-0.4, -0.2) is 138 Å². The molecule has 7 amide bonds. The number of aromatic nitrogens is 2. The maximum atomic E-state index is 15.4. The Morgan fingerprint density at radius 2 is 1.33 bits per heavy atom. The number of ether oxygens (including phenoxy) is 2. The molecular weight excluding hydrogens is 1010 g/mol. The van der Waals surface area contributed by atoms with Crippen molar-refractivity contribution in [1.82, 2.24) is 52.1 Å². The topological polar surface area (TPSA) is 280 Å². The highest BCUT2D eigenvalue weighted by Gasteiger charge is 2.45. The first-order chi connectivity index (χ1) is 38.5. The molecule has 3 aromatic carbocycles. The first kappa shape index (κ1) is 55.9. The van der Waals surface area contributed by atoms with E-state index in [1.165, 1.54) is 11.3 Å². The number of hydrogen-bond acceptors (Lipinski definition) is 12. The van der Waals surface area contributed by atoms with Crippen LogP contribution in [0.2, 0.25) is 0 Å². The average molecular weight is 1080 g/mol. The minimum Gasteiger partial charge on any atom is -0.493 e. The van der Waals surface area contributed by atoms with Crippen LogP contribution in [0.3, 0.4) is 0 Å². The Labute approximate surface area is 459 Å². The van der Waals surface area contributed by atoms with E-state index >= 15 is 28.8 Å². The molecule has 0 radical (unpaired) electrons. The molecule has 4 aliphatic rings. The highest BCUT2D eigenvalue weighted by molar-refractivity contribution is 5.99. The van der Waals surface area contributed by atoms with Gasteiger partial charge in [-0.2, -0.15) is 0 Å². The third-order valence-corrected chi connectivity index (χ3v) is 15.6. The van der Waals surface area contributed by atoms with Crippen LogP contribution in [0.1, 0.15) is 73.6 Å². The predicted octanol–water partition coefficient (Wildman–Crippen LogP) is 2.88. The zero-order valence-electron chi connectivity index (χ0n) is 44.5. The Morgan fingerprint density at radius 3 is 2.05 bits per heavy atom. The van der Waals surface area contributed by atoms with Gasteiger partial charge >= 0.3 is 6.09 Å². The molecule has 0 bridgehead atoms. The molecule has 9 rings (SSSR count). The van der Waals surface area contributed by atoms with Crippen molar-refractivity contribution in [3.63, 3.8) is 0 Å². The van der Waals surface area contributed by atoms with E-state index in [0.29, 0.717) is 48.9 Å². The molecule has 0 spiro atoms. The standard InChI is InChI=1S/C59H73N11O9/c60-23-27-63-59(77)79-44-32-52-57(75)65-47(20-17-37-8-2-1-3-9-37)53(71)68-50(31-42-34-64-46-14-5-4-13-45(42)46)56(74)67-49(29-39-21-25-61-26-22-39)54(72)66-48(28-38-15-18-43(19-16-38)78-36-40-10-6-11-40)55(73)69-51(58(76)70(52)35-44)30-41-12-7-24-62-33-41/h1-5,7-9,12-16,18-19,24,33-34,39-40,44,47-52,61,64H,6,10-11,17,20-23,25-32,35-36,60H2,(H,63,77)(H,65,75)(H,66,72)(H,67,74)(H,68,71)(H,69,73)/t44-,47+,48+,49+,50-,51+,52+/m1/s1. The number of pyridine rings is 1.